The highest BCUT2D eigenvalue weighted by molar-refractivity contribution is 8.13. The first kappa shape index (κ1) is 30.4. The maximum Gasteiger partial charge on any atom is 0.348 e. The zero-order valence-corrected chi connectivity index (χ0v) is 26.0. The van der Waals surface area contributed by atoms with Crippen LogP contribution in [-0.2, 0) is 22.0 Å². The molecule has 1 saturated heterocycles. The first-order valence-electron chi connectivity index (χ1n) is 13.0. The lowest BCUT2D eigenvalue weighted by Crippen LogP contribution is -2.51. The lowest BCUT2D eigenvalue weighted by atomic mass is 10.0. The average molecular weight is 573 g/mol. The third-order valence-corrected chi connectivity index (χ3v) is 13.8. The van der Waals surface area contributed by atoms with Gasteiger partial charge >= 0.3 is 5.97 Å². The molecule has 1 aromatic carbocycles. The van der Waals surface area contributed by atoms with Crippen LogP contribution in [0.1, 0.15) is 52.9 Å². The van der Waals surface area contributed by atoms with Crippen molar-refractivity contribution >= 4 is 42.6 Å². The van der Waals surface area contributed by atoms with E-state index in [0.717, 1.165) is 42.1 Å². The summed E-state index contributed by atoms with van der Waals surface area (Å²) in [5.41, 5.74) is 2.05. The zero-order valence-electron chi connectivity index (χ0n) is 23.4. The molecule has 0 bridgehead atoms. The van der Waals surface area contributed by atoms with Crippen molar-refractivity contribution in [3.05, 3.63) is 57.3 Å². The summed E-state index contributed by atoms with van der Waals surface area (Å²) >= 11 is 2.79. The minimum absolute atomic E-state index is 0.0235. The van der Waals surface area contributed by atoms with Gasteiger partial charge in [-0.3, -0.25) is 9.80 Å². The Bertz CT molecular complexity index is 1150. The Hall–Kier alpha value is -2.09. The van der Waals surface area contributed by atoms with Gasteiger partial charge in [0.25, 0.3) is 5.24 Å². The van der Waals surface area contributed by atoms with E-state index in [1.54, 1.807) is 6.07 Å². The van der Waals surface area contributed by atoms with Crippen molar-refractivity contribution in [2.75, 3.05) is 32.5 Å². The van der Waals surface area contributed by atoms with Crippen molar-refractivity contribution in [1.82, 2.24) is 10.0 Å². The fraction of sp³-hybridized carbons (Fsp3) is 0.517. The van der Waals surface area contributed by atoms with Crippen LogP contribution in [0.4, 0.5) is 4.79 Å². The molecule has 0 spiro atoms. The quantitative estimate of drug-likeness (QED) is 0.175. The van der Waals surface area contributed by atoms with Crippen molar-refractivity contribution in [1.29, 1.82) is 0 Å². The van der Waals surface area contributed by atoms with Crippen LogP contribution >= 0.6 is 23.1 Å². The zero-order chi connectivity index (χ0) is 27.9. The summed E-state index contributed by atoms with van der Waals surface area (Å²) in [5.74, 6) is 3.18. The molecule has 3 rings (SSSR count). The van der Waals surface area contributed by atoms with E-state index in [1.165, 1.54) is 35.8 Å². The van der Waals surface area contributed by atoms with Gasteiger partial charge in [-0.25, -0.2) is 9.80 Å². The number of methoxy groups -OCH3 is 1. The summed E-state index contributed by atoms with van der Waals surface area (Å²) in [6.45, 7) is 13.5. The number of thiophene rings is 1. The van der Waals surface area contributed by atoms with Gasteiger partial charge in [0.2, 0.25) is 0 Å². The number of benzene rings is 1. The number of carbonyl (C=O) groups excluding carboxylic acids is 2. The molecule has 1 aliphatic heterocycles. The van der Waals surface area contributed by atoms with Gasteiger partial charge in [0, 0.05) is 42.2 Å². The lowest BCUT2D eigenvalue weighted by molar-refractivity contribution is 0.0161. The number of hydrogen-bond acceptors (Lipinski definition) is 7. The third kappa shape index (κ3) is 8.20. The summed E-state index contributed by atoms with van der Waals surface area (Å²) in [7, 11) is -0.624. The topological polar surface area (TPSA) is 59.1 Å². The molecule has 9 heteroatoms. The fourth-order valence-electron chi connectivity index (χ4n) is 4.09. The minimum Gasteiger partial charge on any atom is -0.465 e. The third-order valence-electron chi connectivity index (χ3n) is 7.28. The molecule has 2 heterocycles. The molecular formula is C29H40N2O4S2Si. The Morgan fingerprint density at radius 2 is 1.97 bits per heavy atom. The molecule has 6 nitrogen and oxygen atoms in total. The second-order valence-corrected chi connectivity index (χ2v) is 18.0. The monoisotopic (exact) mass is 572 g/mol. The van der Waals surface area contributed by atoms with Gasteiger partial charge in [0.15, 0.2) is 8.32 Å². The summed E-state index contributed by atoms with van der Waals surface area (Å²) in [5, 5.41) is 4.21. The number of esters is 1. The number of nitrogens with zero attached hydrogens (tertiary/aromatic N) is 2. The van der Waals surface area contributed by atoms with E-state index in [2.05, 4.69) is 56.9 Å². The standard InChI is InChI=1S/C29H40N2O4S2Si/c1-8-22-10-9-11-23(20-22)21-24(35-38(6,7)29(2,3)4)14-16-30-18-19-36-28(33)31(30)17-15-25-12-13-26(37-25)27(32)34-5/h1,9-13,20,24H,14-19,21H2,2-7H3/t24-/m1/s1. The number of ether oxygens (including phenoxy) is 1. The Labute approximate surface area is 237 Å². The van der Waals surface area contributed by atoms with Crippen LogP contribution < -0.4 is 0 Å². The van der Waals surface area contributed by atoms with Crippen LogP contribution in [0.15, 0.2) is 36.4 Å². The van der Waals surface area contributed by atoms with Crippen LogP contribution in [0, 0.1) is 12.3 Å². The minimum atomic E-state index is -2.01. The Morgan fingerprint density at radius 3 is 2.66 bits per heavy atom. The highest BCUT2D eigenvalue weighted by Crippen LogP contribution is 2.38. The molecule has 0 radical (unpaired) electrons. The molecule has 0 N–H and O–H groups in total. The molecule has 1 aliphatic rings. The van der Waals surface area contributed by atoms with Gasteiger partial charge in [-0.1, -0.05) is 50.6 Å². The van der Waals surface area contributed by atoms with E-state index >= 15 is 0 Å². The smallest absolute Gasteiger partial charge is 0.348 e. The van der Waals surface area contributed by atoms with Gasteiger partial charge in [-0.15, -0.1) is 17.8 Å². The van der Waals surface area contributed by atoms with E-state index < -0.39 is 8.32 Å². The molecule has 1 fully saturated rings. The van der Waals surface area contributed by atoms with Crippen LogP contribution in [0.5, 0.6) is 0 Å². The van der Waals surface area contributed by atoms with Gasteiger partial charge in [-0.2, -0.15) is 0 Å². The predicted octanol–water partition coefficient (Wildman–Crippen LogP) is 6.47. The van der Waals surface area contributed by atoms with E-state index in [4.69, 9.17) is 15.6 Å². The molecule has 1 aromatic heterocycles. The number of carbonyl (C=O) groups is 2. The molecule has 1 amide bonds. The van der Waals surface area contributed by atoms with Crippen LogP contribution in [0.2, 0.25) is 18.1 Å². The maximum absolute atomic E-state index is 12.9. The van der Waals surface area contributed by atoms with Crippen molar-refractivity contribution in [2.24, 2.45) is 0 Å². The summed E-state index contributed by atoms with van der Waals surface area (Å²) in [6, 6.07) is 11.9. The molecule has 0 saturated carbocycles. The number of hydrogen-bond donors (Lipinski definition) is 0. The van der Waals surface area contributed by atoms with Crippen molar-refractivity contribution in [3.63, 3.8) is 0 Å². The van der Waals surface area contributed by atoms with Crippen LogP contribution in [-0.4, -0.2) is 68.1 Å². The number of hydrazine groups is 1. The van der Waals surface area contributed by atoms with Gasteiger partial charge in [0.1, 0.15) is 4.88 Å². The SMILES string of the molecule is C#Cc1cccc(C[C@@H](CCN2CCSC(=O)N2CCc2ccc(C(=O)OC)s2)O[Si](C)(C)C(C)(C)C)c1. The fourth-order valence-corrected chi connectivity index (χ4v) is 7.23. The first-order valence-corrected chi connectivity index (χ1v) is 17.7. The maximum atomic E-state index is 12.9. The Balaban J connectivity index is 1.71. The van der Waals surface area contributed by atoms with Crippen LogP contribution in [0.3, 0.4) is 0 Å². The Kier molecular flexibility index (Phi) is 10.7. The lowest BCUT2D eigenvalue weighted by Gasteiger charge is -2.41. The summed E-state index contributed by atoms with van der Waals surface area (Å²) in [6.07, 6.45) is 7.95. The molecule has 0 unspecified atom stereocenters. The molecule has 38 heavy (non-hydrogen) atoms. The second kappa shape index (κ2) is 13.3. The molecule has 206 valence electrons. The van der Waals surface area contributed by atoms with Gasteiger partial charge < -0.3 is 9.16 Å². The van der Waals surface area contributed by atoms with Crippen molar-refractivity contribution < 1.29 is 18.8 Å². The van der Waals surface area contributed by atoms with E-state index in [1.807, 2.05) is 23.2 Å². The number of thioether (sulfide) groups is 1. The molecule has 2 aromatic rings. The van der Waals surface area contributed by atoms with E-state index in [-0.39, 0.29) is 22.4 Å². The highest BCUT2D eigenvalue weighted by atomic mass is 32.2. The first-order chi connectivity index (χ1) is 17.9. The largest absolute Gasteiger partial charge is 0.465 e. The highest BCUT2D eigenvalue weighted by Gasteiger charge is 2.39. The summed E-state index contributed by atoms with van der Waals surface area (Å²) < 4.78 is 11.7. The van der Waals surface area contributed by atoms with Crippen molar-refractivity contribution in [3.8, 4) is 12.3 Å². The Morgan fingerprint density at radius 1 is 1.21 bits per heavy atom. The summed E-state index contributed by atoms with van der Waals surface area (Å²) in [4.78, 5) is 26.3. The number of amides is 1. The average Bonchev–Trinajstić information content (AvgIpc) is 3.34. The second-order valence-electron chi connectivity index (χ2n) is 11.0. The number of rotatable bonds is 11. The van der Waals surface area contributed by atoms with E-state index in [0.29, 0.717) is 17.8 Å². The molecular weight excluding hydrogens is 533 g/mol. The molecule has 1 atom stereocenters. The number of terminal acetylenes is 1. The normalized spacial score (nSPS) is 15.8. The van der Waals surface area contributed by atoms with E-state index in [9.17, 15) is 9.59 Å². The molecule has 0 aliphatic carbocycles. The van der Waals surface area contributed by atoms with Gasteiger partial charge in [-0.05, 0) is 60.8 Å². The van der Waals surface area contributed by atoms with Crippen molar-refractivity contribution in [2.45, 2.75) is 64.3 Å². The van der Waals surface area contributed by atoms with Crippen LogP contribution in [0.25, 0.3) is 0 Å². The predicted molar refractivity (Wildman–Crippen MR) is 160 cm³/mol. The van der Waals surface area contributed by atoms with Gasteiger partial charge in [0.05, 0.1) is 13.2 Å².